The van der Waals surface area contributed by atoms with Gasteiger partial charge in [0.15, 0.2) is 5.58 Å². The van der Waals surface area contributed by atoms with Gasteiger partial charge in [0.25, 0.3) is 0 Å². The summed E-state index contributed by atoms with van der Waals surface area (Å²) in [7, 11) is 0. The van der Waals surface area contributed by atoms with Crippen molar-refractivity contribution in [1.29, 1.82) is 0 Å². The van der Waals surface area contributed by atoms with Crippen molar-refractivity contribution in [3.63, 3.8) is 0 Å². The second-order valence-corrected chi connectivity index (χ2v) is 3.61. The van der Waals surface area contributed by atoms with E-state index in [9.17, 15) is 0 Å². The maximum atomic E-state index is 5.27. The molecule has 1 heterocycles. The first-order valence-electron chi connectivity index (χ1n) is 6.44. The molecule has 17 heavy (non-hydrogen) atoms. The molecule has 0 saturated heterocycles. The Hall–Kier alpha value is -1.31. The van der Waals surface area contributed by atoms with Crippen molar-refractivity contribution < 1.29 is 4.52 Å². The molecule has 2 rings (SSSR count). The van der Waals surface area contributed by atoms with Crippen LogP contribution >= 0.6 is 0 Å². The van der Waals surface area contributed by atoms with E-state index in [4.69, 9.17) is 4.52 Å². The Bertz CT molecular complexity index is 469. The number of aryl methyl sites for hydroxylation is 4. The number of benzene rings is 1. The molecule has 1 aromatic heterocycles. The smallest absolute Gasteiger partial charge is 0.170 e. The van der Waals surface area contributed by atoms with Gasteiger partial charge < -0.3 is 4.52 Å². The van der Waals surface area contributed by atoms with Crippen molar-refractivity contribution >= 4 is 11.0 Å². The van der Waals surface area contributed by atoms with Crippen LogP contribution in [-0.2, 0) is 0 Å². The first kappa shape index (κ1) is 15.7. The molecule has 0 atom stereocenters. The van der Waals surface area contributed by atoms with Gasteiger partial charge in [-0.2, -0.15) is 0 Å². The van der Waals surface area contributed by atoms with E-state index in [1.165, 1.54) is 22.1 Å². The summed E-state index contributed by atoms with van der Waals surface area (Å²) in [5.41, 5.74) is 5.66. The summed E-state index contributed by atoms with van der Waals surface area (Å²) in [5, 5.41) is 5.16. The van der Waals surface area contributed by atoms with Crippen LogP contribution in [0.5, 0.6) is 0 Å². The van der Waals surface area contributed by atoms with Crippen LogP contribution in [0.15, 0.2) is 10.6 Å². The number of nitrogens with zero attached hydrogens (tertiary/aromatic N) is 1. The molecule has 0 fully saturated rings. The van der Waals surface area contributed by atoms with E-state index in [0.29, 0.717) is 0 Å². The molecule has 2 aromatic rings. The Morgan fingerprint density at radius 1 is 0.882 bits per heavy atom. The van der Waals surface area contributed by atoms with E-state index < -0.39 is 0 Å². The van der Waals surface area contributed by atoms with Crippen LogP contribution in [0.3, 0.4) is 0 Å². The fraction of sp³-hybridized carbons (Fsp3) is 0.533. The van der Waals surface area contributed by atoms with E-state index in [1.807, 2.05) is 34.6 Å². The van der Waals surface area contributed by atoms with Crippen LogP contribution < -0.4 is 0 Å². The number of hydrogen-bond donors (Lipinski definition) is 0. The zero-order valence-corrected chi connectivity index (χ0v) is 12.4. The lowest BCUT2D eigenvalue weighted by atomic mass is 10.0. The van der Waals surface area contributed by atoms with E-state index in [2.05, 4.69) is 32.0 Å². The highest BCUT2D eigenvalue weighted by Crippen LogP contribution is 2.27. The predicted molar refractivity (Wildman–Crippen MR) is 75.7 cm³/mol. The molecule has 0 spiro atoms. The van der Waals surface area contributed by atoms with Crippen LogP contribution in [0.4, 0.5) is 0 Å². The topological polar surface area (TPSA) is 26.0 Å². The van der Waals surface area contributed by atoms with Gasteiger partial charge >= 0.3 is 0 Å². The van der Waals surface area contributed by atoms with Crippen LogP contribution in [-0.4, -0.2) is 5.16 Å². The monoisotopic (exact) mass is 235 g/mol. The highest BCUT2D eigenvalue weighted by molar-refractivity contribution is 5.86. The standard InChI is InChI=1S/C11H13NO.2C2H6/c1-6-5-7(2)11-10(8(6)3)9(4)12-13-11;2*1-2/h5H,1-4H3;2*1-2H3. The van der Waals surface area contributed by atoms with E-state index in [1.54, 1.807) is 0 Å². The fourth-order valence-electron chi connectivity index (χ4n) is 1.78. The van der Waals surface area contributed by atoms with Crippen LogP contribution in [0.1, 0.15) is 50.1 Å². The summed E-state index contributed by atoms with van der Waals surface area (Å²) >= 11 is 0. The molecule has 96 valence electrons. The molecule has 0 N–H and O–H groups in total. The third-order valence-electron chi connectivity index (χ3n) is 2.62. The second-order valence-electron chi connectivity index (χ2n) is 3.61. The van der Waals surface area contributed by atoms with Gasteiger partial charge in [0, 0.05) is 5.39 Å². The van der Waals surface area contributed by atoms with Crippen molar-refractivity contribution in [2.45, 2.75) is 55.4 Å². The molecule has 0 aliphatic rings. The molecule has 0 aliphatic carbocycles. The second kappa shape index (κ2) is 7.10. The van der Waals surface area contributed by atoms with Gasteiger partial charge in [-0.15, -0.1) is 0 Å². The van der Waals surface area contributed by atoms with E-state index in [-0.39, 0.29) is 0 Å². The SMILES string of the molecule is CC.CC.Cc1cc(C)c2onc(C)c2c1C. The molecule has 0 radical (unpaired) electrons. The summed E-state index contributed by atoms with van der Waals surface area (Å²) in [6.45, 7) is 16.3. The maximum Gasteiger partial charge on any atom is 0.170 e. The van der Waals surface area contributed by atoms with Crippen LogP contribution in [0, 0.1) is 27.7 Å². The van der Waals surface area contributed by atoms with Gasteiger partial charge in [-0.3, -0.25) is 0 Å². The van der Waals surface area contributed by atoms with Crippen molar-refractivity contribution in [1.82, 2.24) is 5.16 Å². The first-order valence-corrected chi connectivity index (χ1v) is 6.44. The summed E-state index contributed by atoms with van der Waals surface area (Å²) in [5.74, 6) is 0. The zero-order chi connectivity index (χ0) is 13.6. The van der Waals surface area contributed by atoms with Gasteiger partial charge in [-0.05, 0) is 44.4 Å². The lowest BCUT2D eigenvalue weighted by Gasteiger charge is -2.02. The Balaban J connectivity index is 0.000000581. The molecular weight excluding hydrogens is 210 g/mol. The molecule has 0 saturated carbocycles. The summed E-state index contributed by atoms with van der Waals surface area (Å²) in [6, 6.07) is 2.14. The highest BCUT2D eigenvalue weighted by atomic mass is 16.5. The average molecular weight is 235 g/mol. The van der Waals surface area contributed by atoms with Gasteiger partial charge in [0.1, 0.15) is 0 Å². The summed E-state index contributed by atoms with van der Waals surface area (Å²) in [4.78, 5) is 0. The number of fused-ring (bicyclic) bond motifs is 1. The highest BCUT2D eigenvalue weighted by Gasteiger charge is 2.11. The van der Waals surface area contributed by atoms with Crippen molar-refractivity contribution in [3.8, 4) is 0 Å². The Morgan fingerprint density at radius 2 is 1.41 bits per heavy atom. The van der Waals surface area contributed by atoms with Gasteiger partial charge in [0.05, 0.1) is 5.69 Å². The van der Waals surface area contributed by atoms with Gasteiger partial charge in [0.2, 0.25) is 0 Å². The molecule has 0 bridgehead atoms. The quantitative estimate of drug-likeness (QED) is 0.634. The molecule has 0 unspecified atom stereocenters. The summed E-state index contributed by atoms with van der Waals surface area (Å²) in [6.07, 6.45) is 0. The minimum Gasteiger partial charge on any atom is -0.356 e. The Kier molecular flexibility index (Phi) is 6.55. The third kappa shape index (κ3) is 3.09. The fourth-order valence-corrected chi connectivity index (χ4v) is 1.78. The third-order valence-corrected chi connectivity index (χ3v) is 2.62. The average Bonchev–Trinajstić information content (AvgIpc) is 2.74. The minimum atomic E-state index is 0.931. The Morgan fingerprint density at radius 3 is 1.94 bits per heavy atom. The zero-order valence-electron chi connectivity index (χ0n) is 12.4. The molecular formula is C15H25NO. The predicted octanol–water partition coefficient (Wildman–Crippen LogP) is 5.11. The molecule has 0 aliphatic heterocycles. The number of hydrogen-bond acceptors (Lipinski definition) is 2. The lowest BCUT2D eigenvalue weighted by molar-refractivity contribution is 0.449. The molecule has 2 nitrogen and oxygen atoms in total. The largest absolute Gasteiger partial charge is 0.356 e. The molecule has 1 aromatic carbocycles. The molecule has 0 amide bonds. The van der Waals surface area contributed by atoms with E-state index in [0.717, 1.165) is 11.3 Å². The van der Waals surface area contributed by atoms with Crippen molar-refractivity contribution in [3.05, 3.63) is 28.5 Å². The number of rotatable bonds is 0. The molecule has 2 heteroatoms. The summed E-state index contributed by atoms with van der Waals surface area (Å²) < 4.78 is 5.27. The van der Waals surface area contributed by atoms with Crippen LogP contribution in [0.25, 0.3) is 11.0 Å². The van der Waals surface area contributed by atoms with Crippen molar-refractivity contribution in [2.75, 3.05) is 0 Å². The maximum absolute atomic E-state index is 5.27. The normalized spacial score (nSPS) is 9.18. The van der Waals surface area contributed by atoms with E-state index >= 15 is 0 Å². The van der Waals surface area contributed by atoms with Crippen LogP contribution in [0.2, 0.25) is 0 Å². The Labute approximate surface area is 105 Å². The minimum absolute atomic E-state index is 0.931. The number of aromatic nitrogens is 1. The first-order chi connectivity index (χ1) is 8.11. The van der Waals surface area contributed by atoms with Gasteiger partial charge in [-0.1, -0.05) is 38.9 Å². The lowest BCUT2D eigenvalue weighted by Crippen LogP contribution is -1.85. The van der Waals surface area contributed by atoms with Gasteiger partial charge in [-0.25, -0.2) is 0 Å². The van der Waals surface area contributed by atoms with Crippen molar-refractivity contribution in [2.24, 2.45) is 0 Å².